The number of ether oxygens (including phenoxy) is 1. The summed E-state index contributed by atoms with van der Waals surface area (Å²) in [6.07, 6.45) is -2.64. The number of halogens is 3. The molecule has 0 bridgehead atoms. The second kappa shape index (κ2) is 6.44. The molecule has 0 fully saturated rings. The van der Waals surface area contributed by atoms with E-state index in [2.05, 4.69) is 24.7 Å². The summed E-state index contributed by atoms with van der Waals surface area (Å²) in [5.74, 6) is 0. The highest BCUT2D eigenvalue weighted by Gasteiger charge is 2.31. The Morgan fingerprint density at radius 2 is 2.00 bits per heavy atom. The number of carbonyl (C=O) groups is 1. The minimum Gasteiger partial charge on any atom is -0.360 e. The summed E-state index contributed by atoms with van der Waals surface area (Å²) in [6, 6.07) is 2.80. The average molecular weight is 344 g/mol. The van der Waals surface area contributed by atoms with Gasteiger partial charge in [0.1, 0.15) is 12.2 Å². The molecule has 2 aromatic rings. The van der Waals surface area contributed by atoms with Gasteiger partial charge in [0.15, 0.2) is 6.29 Å². The van der Waals surface area contributed by atoms with Gasteiger partial charge in [-0.1, -0.05) is 19.6 Å². The number of carbonyl (C=O) groups excluding carboxylic acids is 1. The van der Waals surface area contributed by atoms with Gasteiger partial charge in [-0.2, -0.15) is 18.3 Å². The summed E-state index contributed by atoms with van der Waals surface area (Å²) in [4.78, 5) is 11.0. The monoisotopic (exact) mass is 344 g/mol. The number of aromatic nitrogens is 2. The molecule has 2 rings (SSSR count). The second-order valence-corrected chi connectivity index (χ2v) is 12.3. The first-order valence-electron chi connectivity index (χ1n) is 7.21. The molecule has 4 nitrogen and oxygen atoms in total. The summed E-state index contributed by atoms with van der Waals surface area (Å²) in [7, 11) is -1.20. The Morgan fingerprint density at radius 3 is 2.57 bits per heavy atom. The molecule has 0 saturated heterocycles. The quantitative estimate of drug-likeness (QED) is 0.449. The van der Waals surface area contributed by atoms with E-state index < -0.39 is 19.8 Å². The summed E-state index contributed by atoms with van der Waals surface area (Å²) < 4.78 is 45.4. The maximum atomic E-state index is 12.8. The lowest BCUT2D eigenvalue weighted by molar-refractivity contribution is -0.137. The fraction of sp³-hybridized carbons (Fsp3) is 0.467. The fourth-order valence-electron chi connectivity index (χ4n) is 2.07. The van der Waals surface area contributed by atoms with Crippen LogP contribution in [0.5, 0.6) is 0 Å². The van der Waals surface area contributed by atoms with E-state index in [4.69, 9.17) is 4.74 Å². The Kier molecular flexibility index (Phi) is 4.95. The molecule has 0 N–H and O–H groups in total. The van der Waals surface area contributed by atoms with Crippen LogP contribution in [0.15, 0.2) is 18.3 Å². The number of benzene rings is 1. The van der Waals surface area contributed by atoms with E-state index >= 15 is 0 Å². The highest BCUT2D eigenvalue weighted by molar-refractivity contribution is 6.76. The molecule has 23 heavy (non-hydrogen) atoms. The van der Waals surface area contributed by atoms with Gasteiger partial charge in [0, 0.05) is 31.8 Å². The minimum absolute atomic E-state index is 0.0735. The molecule has 0 spiro atoms. The number of hydrogen-bond acceptors (Lipinski definition) is 3. The first kappa shape index (κ1) is 17.7. The van der Waals surface area contributed by atoms with Crippen LogP contribution < -0.4 is 0 Å². The lowest BCUT2D eigenvalue weighted by Crippen LogP contribution is -2.22. The molecular weight excluding hydrogens is 325 g/mol. The van der Waals surface area contributed by atoms with Gasteiger partial charge in [0.25, 0.3) is 0 Å². The van der Waals surface area contributed by atoms with Crippen LogP contribution in [-0.4, -0.2) is 30.7 Å². The van der Waals surface area contributed by atoms with Crippen LogP contribution in [-0.2, 0) is 17.6 Å². The fourth-order valence-corrected chi connectivity index (χ4v) is 2.82. The third-order valence-corrected chi connectivity index (χ3v) is 5.06. The standard InChI is InChI=1S/C15H19F3N2O2Si/c1-23(2,3)5-4-22-10-20-8-11-6-13(15(16,17)18)7-12(9-21)14(11)19-20/h6-9H,4-5,10H2,1-3H3. The molecule has 0 amide bonds. The van der Waals surface area contributed by atoms with E-state index in [1.54, 1.807) is 0 Å². The predicted octanol–water partition coefficient (Wildman–Crippen LogP) is 4.18. The highest BCUT2D eigenvalue weighted by Crippen LogP contribution is 2.32. The molecule has 0 aliphatic heterocycles. The van der Waals surface area contributed by atoms with E-state index in [1.165, 1.54) is 10.9 Å². The number of hydrogen-bond donors (Lipinski definition) is 0. The van der Waals surface area contributed by atoms with Crippen LogP contribution in [0.25, 0.3) is 10.9 Å². The maximum Gasteiger partial charge on any atom is 0.416 e. The topological polar surface area (TPSA) is 44.1 Å². The summed E-state index contributed by atoms with van der Waals surface area (Å²) >= 11 is 0. The Labute approximate surface area is 133 Å². The predicted molar refractivity (Wildman–Crippen MR) is 84.2 cm³/mol. The van der Waals surface area contributed by atoms with Gasteiger partial charge in [-0.3, -0.25) is 4.79 Å². The van der Waals surface area contributed by atoms with Crippen LogP contribution in [0.1, 0.15) is 15.9 Å². The van der Waals surface area contributed by atoms with Crippen LogP contribution >= 0.6 is 0 Å². The van der Waals surface area contributed by atoms with E-state index in [0.717, 1.165) is 18.2 Å². The normalized spacial score (nSPS) is 12.8. The molecule has 0 unspecified atom stereocenters. The van der Waals surface area contributed by atoms with Gasteiger partial charge >= 0.3 is 6.18 Å². The third kappa shape index (κ3) is 4.65. The SMILES string of the molecule is C[Si](C)(C)CCOCn1cc2cc(C(F)(F)F)cc(C=O)c2n1. The van der Waals surface area contributed by atoms with Crippen molar-refractivity contribution in [1.82, 2.24) is 9.78 Å². The van der Waals surface area contributed by atoms with Crippen LogP contribution in [0.3, 0.4) is 0 Å². The highest BCUT2D eigenvalue weighted by atomic mass is 28.3. The molecule has 126 valence electrons. The molecule has 0 radical (unpaired) electrons. The smallest absolute Gasteiger partial charge is 0.360 e. The zero-order valence-corrected chi connectivity index (χ0v) is 14.3. The van der Waals surface area contributed by atoms with Gasteiger partial charge in [-0.25, -0.2) is 4.68 Å². The first-order chi connectivity index (χ1) is 10.6. The van der Waals surface area contributed by atoms with Crippen molar-refractivity contribution in [3.8, 4) is 0 Å². The largest absolute Gasteiger partial charge is 0.416 e. The molecule has 1 aromatic heterocycles. The lowest BCUT2D eigenvalue weighted by Gasteiger charge is -2.15. The van der Waals surface area contributed by atoms with Crippen molar-refractivity contribution in [3.63, 3.8) is 0 Å². The third-order valence-electron chi connectivity index (χ3n) is 3.36. The van der Waals surface area contributed by atoms with Crippen LogP contribution in [0.2, 0.25) is 25.7 Å². The molecule has 0 aliphatic carbocycles. The van der Waals surface area contributed by atoms with Crippen molar-refractivity contribution in [1.29, 1.82) is 0 Å². The summed E-state index contributed by atoms with van der Waals surface area (Å²) in [5, 5.41) is 4.42. The number of rotatable bonds is 6. The first-order valence-corrected chi connectivity index (χ1v) is 10.9. The number of nitrogens with zero attached hydrogens (tertiary/aromatic N) is 2. The van der Waals surface area contributed by atoms with Crippen molar-refractivity contribution in [3.05, 3.63) is 29.5 Å². The Morgan fingerprint density at radius 1 is 1.30 bits per heavy atom. The molecule has 0 aliphatic rings. The number of alkyl halides is 3. The zero-order chi connectivity index (χ0) is 17.3. The summed E-state index contributed by atoms with van der Waals surface area (Å²) in [6.45, 7) is 7.42. The molecule has 1 aromatic carbocycles. The minimum atomic E-state index is -4.50. The molecule has 1 heterocycles. The lowest BCUT2D eigenvalue weighted by atomic mass is 10.1. The molecule has 0 saturated carbocycles. The van der Waals surface area contributed by atoms with Gasteiger partial charge in [0.05, 0.1) is 5.56 Å². The Bertz CT molecular complexity index is 705. The maximum absolute atomic E-state index is 12.8. The zero-order valence-electron chi connectivity index (χ0n) is 13.3. The number of fused-ring (bicyclic) bond motifs is 1. The van der Waals surface area contributed by atoms with E-state index in [0.29, 0.717) is 12.9 Å². The summed E-state index contributed by atoms with van der Waals surface area (Å²) in [5.41, 5.74) is -0.677. The van der Waals surface area contributed by atoms with E-state index in [1.807, 2.05) is 0 Å². The van der Waals surface area contributed by atoms with Gasteiger partial charge in [-0.15, -0.1) is 0 Å². The average Bonchev–Trinajstić information content (AvgIpc) is 2.83. The molecule has 0 atom stereocenters. The van der Waals surface area contributed by atoms with Crippen molar-refractivity contribution < 1.29 is 22.7 Å². The van der Waals surface area contributed by atoms with Crippen molar-refractivity contribution >= 4 is 25.3 Å². The van der Waals surface area contributed by atoms with Crippen molar-refractivity contribution in [2.24, 2.45) is 0 Å². The van der Waals surface area contributed by atoms with E-state index in [-0.39, 0.29) is 23.2 Å². The van der Waals surface area contributed by atoms with Crippen molar-refractivity contribution in [2.75, 3.05) is 6.61 Å². The van der Waals surface area contributed by atoms with Gasteiger partial charge < -0.3 is 4.74 Å². The van der Waals surface area contributed by atoms with E-state index in [9.17, 15) is 18.0 Å². The van der Waals surface area contributed by atoms with Gasteiger partial charge in [-0.05, 0) is 18.2 Å². The number of aldehydes is 1. The Balaban J connectivity index is 2.19. The van der Waals surface area contributed by atoms with Crippen molar-refractivity contribution in [2.45, 2.75) is 38.6 Å². The van der Waals surface area contributed by atoms with Crippen LogP contribution in [0.4, 0.5) is 13.2 Å². The molecular formula is C15H19F3N2O2Si. The molecule has 8 heteroatoms. The Hall–Kier alpha value is -1.67. The second-order valence-electron chi connectivity index (χ2n) is 6.64. The van der Waals surface area contributed by atoms with Crippen LogP contribution in [0, 0.1) is 0 Å². The van der Waals surface area contributed by atoms with Gasteiger partial charge in [0.2, 0.25) is 0 Å².